The van der Waals surface area contributed by atoms with Gasteiger partial charge in [0.15, 0.2) is 11.5 Å². The number of hydrogen-bond acceptors (Lipinski definition) is 15. The van der Waals surface area contributed by atoms with Gasteiger partial charge in [-0.05, 0) is 97.3 Å². The molecule has 0 fully saturated rings. The van der Waals surface area contributed by atoms with E-state index >= 15 is 0 Å². The minimum absolute atomic E-state index is 0.0287. The smallest absolute Gasteiger partial charge is 0.306 e. The Morgan fingerprint density at radius 3 is 2.05 bits per heavy atom. The van der Waals surface area contributed by atoms with Crippen molar-refractivity contribution >= 4 is 92.6 Å². The van der Waals surface area contributed by atoms with Gasteiger partial charge in [-0.25, -0.2) is 4.79 Å². The number of nitrogens with one attached hydrogen (secondary N) is 4. The number of rotatable bonds is 10. The van der Waals surface area contributed by atoms with Crippen molar-refractivity contribution in [2.45, 2.75) is 23.6 Å². The van der Waals surface area contributed by atoms with E-state index in [-0.39, 0.29) is 45.0 Å². The summed E-state index contributed by atoms with van der Waals surface area (Å²) in [6.45, 7) is 3.05. The monoisotopic (exact) mass is 900 g/mol. The van der Waals surface area contributed by atoms with Crippen LogP contribution in [0.25, 0.3) is 6.08 Å². The number of aryl methyl sites for hydroxylation is 2. The van der Waals surface area contributed by atoms with Gasteiger partial charge in [-0.2, -0.15) is 43.8 Å². The fraction of sp³-hybridized carbons (Fsp3) is 0.0571. The fourth-order valence-electron chi connectivity index (χ4n) is 5.94. The van der Waals surface area contributed by atoms with Gasteiger partial charge in [-0.3, -0.25) is 38.7 Å². The van der Waals surface area contributed by atoms with Crippen LogP contribution in [0.5, 0.6) is 0 Å². The van der Waals surface area contributed by atoms with Crippen LogP contribution in [0.3, 0.4) is 0 Å². The standard InChI is InChI=1S/C35H28N6O15S4/c1-17-3-8-27(30(11-17)58(48,49)50)39-41-32-31(59(51,52)53)13-19-12-20(4-6-24(19)33(32)43)36-35(44)37-21-5-7-25-26(15-21)29(42)16-28(34(25)60(54,55)56)40-38-22-9-18(2)10-23(14-22)57(45,46)47/h3-16,38-40H,1-2H3,(H,36,44)(H,45,46,47)(H,48,49,50)(H,51,52,53)(H,54,55,56)/b37-21+,41-32+. The highest BCUT2D eigenvalue weighted by atomic mass is 32.2. The summed E-state index contributed by atoms with van der Waals surface area (Å²) < 4.78 is 136. The maximum Gasteiger partial charge on any atom is 0.345 e. The van der Waals surface area contributed by atoms with E-state index in [9.17, 15) is 66.3 Å². The molecule has 0 radical (unpaired) electrons. The van der Waals surface area contributed by atoms with E-state index in [1.54, 1.807) is 0 Å². The average molecular weight is 901 g/mol. The molecule has 3 aliphatic carbocycles. The third kappa shape index (κ3) is 9.37. The summed E-state index contributed by atoms with van der Waals surface area (Å²) in [5.41, 5.74) is 5.35. The Bertz CT molecular complexity index is 3160. The van der Waals surface area contributed by atoms with Crippen molar-refractivity contribution in [2.75, 3.05) is 16.2 Å². The molecule has 0 spiro atoms. The molecule has 0 saturated heterocycles. The molecule has 3 aromatic carbocycles. The predicted molar refractivity (Wildman–Crippen MR) is 215 cm³/mol. The minimum Gasteiger partial charge on any atom is -0.306 e. The quantitative estimate of drug-likeness (QED) is 0.107. The summed E-state index contributed by atoms with van der Waals surface area (Å²) in [4.78, 5) is 40.6. The van der Waals surface area contributed by atoms with E-state index in [4.69, 9.17) is 0 Å². The number of Topliss-reactive ketones (excluding diaryl/α,β-unsaturated/α-hetero) is 1. The molecule has 0 heterocycles. The van der Waals surface area contributed by atoms with Crippen LogP contribution >= 0.6 is 0 Å². The number of hydrogen-bond donors (Lipinski definition) is 8. The molecule has 8 N–H and O–H groups in total. The number of ketones is 2. The number of nitrogens with zero attached hydrogens (tertiary/aromatic N) is 2. The number of hydrazone groups is 1. The van der Waals surface area contributed by atoms with Gasteiger partial charge >= 0.3 is 6.03 Å². The Hall–Kier alpha value is -6.45. The van der Waals surface area contributed by atoms with Crippen molar-refractivity contribution in [1.82, 2.24) is 5.43 Å². The molecule has 3 aromatic rings. The third-order valence-electron chi connectivity index (χ3n) is 8.48. The number of fused-ring (bicyclic) bond motifs is 2. The second-order valence-electron chi connectivity index (χ2n) is 12.9. The summed E-state index contributed by atoms with van der Waals surface area (Å²) in [6.07, 6.45) is 4.95. The van der Waals surface area contributed by atoms with E-state index in [1.807, 2.05) is 0 Å². The van der Waals surface area contributed by atoms with Gasteiger partial charge in [-0.1, -0.05) is 12.1 Å². The van der Waals surface area contributed by atoms with E-state index in [2.05, 4.69) is 31.7 Å². The van der Waals surface area contributed by atoms with Crippen molar-refractivity contribution in [3.05, 3.63) is 128 Å². The largest absolute Gasteiger partial charge is 0.345 e. The zero-order valence-electron chi connectivity index (χ0n) is 30.4. The number of anilines is 3. The van der Waals surface area contributed by atoms with Gasteiger partial charge in [0.25, 0.3) is 40.5 Å². The third-order valence-corrected chi connectivity index (χ3v) is 12.0. The number of amides is 2. The number of hydrazine groups is 1. The lowest BCUT2D eigenvalue weighted by atomic mass is 9.90. The van der Waals surface area contributed by atoms with Crippen molar-refractivity contribution < 1.29 is 66.3 Å². The topological polar surface area (TPSA) is 342 Å². The first kappa shape index (κ1) is 43.1. The second kappa shape index (κ2) is 15.6. The number of urea groups is 1. The van der Waals surface area contributed by atoms with E-state index in [1.165, 1.54) is 50.2 Å². The Labute approximate surface area is 340 Å². The summed E-state index contributed by atoms with van der Waals surface area (Å²) >= 11 is 0. The minimum atomic E-state index is -5.16. The van der Waals surface area contributed by atoms with Crippen molar-refractivity contribution in [3.8, 4) is 0 Å². The number of allylic oxidation sites excluding steroid dienone is 7. The number of aliphatic imine (C=N–C) groups is 1. The number of carbonyl (C=O) groups excluding carboxylic acids is 3. The molecule has 3 aliphatic rings. The molecule has 2 amide bonds. The molecular formula is C35H28N6O15S4. The lowest BCUT2D eigenvalue weighted by Crippen LogP contribution is -2.30. The zero-order valence-corrected chi connectivity index (χ0v) is 33.7. The van der Waals surface area contributed by atoms with Gasteiger partial charge in [0.1, 0.15) is 14.7 Å². The molecule has 0 aromatic heterocycles. The molecule has 0 unspecified atom stereocenters. The number of benzene rings is 3. The van der Waals surface area contributed by atoms with Crippen LogP contribution in [0, 0.1) is 13.8 Å². The van der Waals surface area contributed by atoms with Crippen molar-refractivity contribution in [3.63, 3.8) is 0 Å². The van der Waals surface area contributed by atoms with E-state index in [0.29, 0.717) is 11.1 Å². The first-order chi connectivity index (χ1) is 27.8. The first-order valence-electron chi connectivity index (χ1n) is 16.5. The molecule has 0 atom stereocenters. The highest BCUT2D eigenvalue weighted by Gasteiger charge is 2.35. The summed E-state index contributed by atoms with van der Waals surface area (Å²) in [5, 5.41) is 6.12. The molecule has 0 bridgehead atoms. The van der Waals surface area contributed by atoms with Gasteiger partial charge in [0.05, 0.1) is 27.7 Å². The van der Waals surface area contributed by atoms with Crippen LogP contribution in [-0.2, 0) is 45.3 Å². The van der Waals surface area contributed by atoms with Crippen LogP contribution in [0.15, 0.2) is 125 Å². The average Bonchev–Trinajstić information content (AvgIpc) is 3.12. The van der Waals surface area contributed by atoms with Gasteiger partial charge in [0.2, 0.25) is 5.78 Å². The fourth-order valence-corrected chi connectivity index (χ4v) is 8.78. The second-order valence-corrected chi connectivity index (χ2v) is 18.5. The lowest BCUT2D eigenvalue weighted by Gasteiger charge is -2.23. The number of carbonyl (C=O) groups is 3. The zero-order chi connectivity index (χ0) is 44.1. The molecule has 0 aliphatic heterocycles. The Morgan fingerprint density at radius 1 is 0.683 bits per heavy atom. The summed E-state index contributed by atoms with van der Waals surface area (Å²) in [6, 6.07) is 9.84. The molecule has 312 valence electrons. The van der Waals surface area contributed by atoms with Gasteiger partial charge in [-0.15, -0.1) is 0 Å². The SMILES string of the molecule is Cc1cc(NNC2=CC(=O)C3=C/C(=N/C(=O)Nc4ccc5c(c4)C=C(S(=O)(=O)O)/C(=N\Nc4ccc(C)cc4S(=O)(=O)O)C5=O)C=CC3=C2S(=O)(=O)O)cc(S(=O)(=O)O)c1. The maximum absolute atomic E-state index is 13.4. The Morgan fingerprint density at radius 2 is 1.40 bits per heavy atom. The van der Waals surface area contributed by atoms with Crippen LogP contribution in [0.4, 0.5) is 21.9 Å². The molecule has 6 rings (SSSR count). The highest BCUT2D eigenvalue weighted by molar-refractivity contribution is 7.91. The lowest BCUT2D eigenvalue weighted by molar-refractivity contribution is -0.111. The van der Waals surface area contributed by atoms with E-state index in [0.717, 1.165) is 48.6 Å². The summed E-state index contributed by atoms with van der Waals surface area (Å²) in [7, 11) is -19.6. The normalized spacial score (nSPS) is 17.1. The Kier molecular flexibility index (Phi) is 11.2. The maximum atomic E-state index is 13.4. The Balaban J connectivity index is 1.24. The summed E-state index contributed by atoms with van der Waals surface area (Å²) in [5.74, 6) is -1.85. The molecular weight excluding hydrogens is 873 g/mol. The predicted octanol–water partition coefficient (Wildman–Crippen LogP) is 3.38. The first-order valence-corrected chi connectivity index (χ1v) is 22.2. The molecule has 60 heavy (non-hydrogen) atoms. The molecule has 21 nitrogen and oxygen atoms in total. The van der Waals surface area contributed by atoms with Crippen LogP contribution in [0.2, 0.25) is 0 Å². The molecule has 25 heteroatoms. The highest BCUT2D eigenvalue weighted by Crippen LogP contribution is 2.34. The van der Waals surface area contributed by atoms with E-state index < -0.39 is 89.1 Å². The van der Waals surface area contributed by atoms with Crippen molar-refractivity contribution in [1.29, 1.82) is 0 Å². The van der Waals surface area contributed by atoms with Crippen molar-refractivity contribution in [2.24, 2.45) is 10.1 Å². The van der Waals surface area contributed by atoms with Crippen LogP contribution < -0.4 is 21.6 Å². The van der Waals surface area contributed by atoms with Crippen LogP contribution in [-0.4, -0.2) is 80.9 Å². The van der Waals surface area contributed by atoms with Crippen LogP contribution in [0.1, 0.15) is 27.0 Å². The van der Waals surface area contributed by atoms with Gasteiger partial charge in [0, 0.05) is 28.5 Å². The molecule has 0 saturated carbocycles. The van der Waals surface area contributed by atoms with Gasteiger partial charge < -0.3 is 10.7 Å².